The third kappa shape index (κ3) is 3.56. The Morgan fingerprint density at radius 3 is 2.45 bits per heavy atom. The zero-order chi connectivity index (χ0) is 15.5. The number of sulfonamides is 1. The van der Waals surface area contributed by atoms with Gasteiger partial charge in [0.2, 0.25) is 10.0 Å². The van der Waals surface area contributed by atoms with Crippen LogP contribution < -0.4 is 4.72 Å². The molecule has 1 rings (SSSR count). The standard InChI is InChI=1S/C12H20N2O4S2/c1-5-9(6-19-4)14-20(17,18)11-7(2)10(12(15)16)13-8(11)3/h9,13-14H,5-6H2,1-4H3,(H,15,16). The Balaban J connectivity index is 3.19. The van der Waals surface area contributed by atoms with Crippen LogP contribution in [0.5, 0.6) is 0 Å². The largest absolute Gasteiger partial charge is 0.477 e. The molecule has 0 aromatic carbocycles. The van der Waals surface area contributed by atoms with Crippen LogP contribution in [0, 0.1) is 13.8 Å². The molecule has 0 bridgehead atoms. The molecule has 0 saturated heterocycles. The van der Waals surface area contributed by atoms with Gasteiger partial charge in [0.25, 0.3) is 0 Å². The Morgan fingerprint density at radius 1 is 1.45 bits per heavy atom. The minimum absolute atomic E-state index is 0.0365. The van der Waals surface area contributed by atoms with Gasteiger partial charge in [-0.05, 0) is 26.5 Å². The van der Waals surface area contributed by atoms with Crippen molar-refractivity contribution in [3.05, 3.63) is 17.0 Å². The lowest BCUT2D eigenvalue weighted by Gasteiger charge is -2.16. The van der Waals surface area contributed by atoms with Crippen molar-refractivity contribution in [3.8, 4) is 0 Å². The van der Waals surface area contributed by atoms with Gasteiger partial charge >= 0.3 is 5.97 Å². The van der Waals surface area contributed by atoms with Gasteiger partial charge in [-0.1, -0.05) is 6.92 Å². The maximum atomic E-state index is 12.4. The molecule has 0 spiro atoms. The van der Waals surface area contributed by atoms with E-state index >= 15 is 0 Å². The van der Waals surface area contributed by atoms with Crippen LogP contribution in [-0.4, -0.2) is 42.5 Å². The van der Waals surface area contributed by atoms with Gasteiger partial charge < -0.3 is 10.1 Å². The predicted octanol–water partition coefficient (Wildman–Crippen LogP) is 1.75. The van der Waals surface area contributed by atoms with E-state index in [2.05, 4.69) is 9.71 Å². The molecule has 0 saturated carbocycles. The molecule has 1 aromatic heterocycles. The number of carbonyl (C=O) groups is 1. The molecule has 1 heterocycles. The minimum Gasteiger partial charge on any atom is -0.477 e. The van der Waals surface area contributed by atoms with Gasteiger partial charge in [-0.25, -0.2) is 17.9 Å². The van der Waals surface area contributed by atoms with Crippen molar-refractivity contribution >= 4 is 27.8 Å². The van der Waals surface area contributed by atoms with Crippen LogP contribution >= 0.6 is 11.8 Å². The molecular weight excluding hydrogens is 300 g/mol. The number of hydrogen-bond donors (Lipinski definition) is 3. The molecule has 0 fully saturated rings. The first-order valence-electron chi connectivity index (χ1n) is 6.18. The van der Waals surface area contributed by atoms with E-state index in [1.807, 2.05) is 13.2 Å². The van der Waals surface area contributed by atoms with E-state index in [1.165, 1.54) is 6.92 Å². The van der Waals surface area contributed by atoms with Crippen LogP contribution in [-0.2, 0) is 10.0 Å². The van der Waals surface area contributed by atoms with Crippen LogP contribution in [0.15, 0.2) is 4.90 Å². The van der Waals surface area contributed by atoms with Crippen molar-refractivity contribution in [2.24, 2.45) is 0 Å². The first-order valence-corrected chi connectivity index (χ1v) is 9.06. The summed E-state index contributed by atoms with van der Waals surface area (Å²) in [6.07, 6.45) is 2.58. The number of aromatic amines is 1. The highest BCUT2D eigenvalue weighted by Crippen LogP contribution is 2.23. The van der Waals surface area contributed by atoms with Crippen molar-refractivity contribution < 1.29 is 18.3 Å². The van der Waals surface area contributed by atoms with Crippen LogP contribution in [0.3, 0.4) is 0 Å². The summed E-state index contributed by atoms with van der Waals surface area (Å²) < 4.78 is 27.5. The number of carboxylic acids is 1. The van der Waals surface area contributed by atoms with E-state index < -0.39 is 16.0 Å². The number of nitrogens with one attached hydrogen (secondary N) is 2. The second-order valence-corrected chi connectivity index (χ2v) is 7.13. The summed E-state index contributed by atoms with van der Waals surface area (Å²) in [7, 11) is -3.73. The van der Waals surface area contributed by atoms with E-state index in [4.69, 9.17) is 5.11 Å². The van der Waals surface area contributed by atoms with E-state index in [-0.39, 0.29) is 22.2 Å². The molecule has 0 radical (unpaired) electrons. The van der Waals surface area contributed by atoms with Gasteiger partial charge in [-0.2, -0.15) is 11.8 Å². The van der Waals surface area contributed by atoms with Crippen molar-refractivity contribution in [1.82, 2.24) is 9.71 Å². The lowest BCUT2D eigenvalue weighted by atomic mass is 10.2. The third-order valence-electron chi connectivity index (χ3n) is 3.03. The summed E-state index contributed by atoms with van der Waals surface area (Å²) in [6, 6.07) is -0.169. The van der Waals surface area contributed by atoms with Gasteiger partial charge in [0.05, 0.1) is 0 Å². The van der Waals surface area contributed by atoms with Crippen molar-refractivity contribution in [2.75, 3.05) is 12.0 Å². The zero-order valence-electron chi connectivity index (χ0n) is 12.0. The molecule has 1 atom stereocenters. The number of aromatic nitrogens is 1. The molecule has 0 aliphatic heterocycles. The summed E-state index contributed by atoms with van der Waals surface area (Å²) in [5, 5.41) is 9.03. The summed E-state index contributed by atoms with van der Waals surface area (Å²) >= 11 is 1.56. The van der Waals surface area contributed by atoms with E-state index in [0.29, 0.717) is 17.9 Å². The topological polar surface area (TPSA) is 99.3 Å². The first kappa shape index (κ1) is 17.1. The van der Waals surface area contributed by atoms with Crippen LogP contribution in [0.1, 0.15) is 35.1 Å². The molecule has 1 unspecified atom stereocenters. The van der Waals surface area contributed by atoms with Crippen LogP contribution in [0.2, 0.25) is 0 Å². The molecular formula is C12H20N2O4S2. The summed E-state index contributed by atoms with van der Waals surface area (Å²) in [6.45, 7) is 4.96. The van der Waals surface area contributed by atoms with Gasteiger partial charge in [-0.3, -0.25) is 0 Å². The fourth-order valence-corrected chi connectivity index (χ4v) is 4.66. The lowest BCUT2D eigenvalue weighted by Crippen LogP contribution is -2.36. The fourth-order valence-electron chi connectivity index (χ4n) is 2.06. The first-order chi connectivity index (χ1) is 9.24. The third-order valence-corrected chi connectivity index (χ3v) is 5.56. The van der Waals surface area contributed by atoms with E-state index in [1.54, 1.807) is 18.7 Å². The maximum absolute atomic E-state index is 12.4. The number of rotatable bonds is 7. The number of carboxylic acid groups (broad SMARTS) is 1. The summed E-state index contributed by atoms with van der Waals surface area (Å²) in [5.74, 6) is -0.493. The normalized spacial score (nSPS) is 13.4. The average Bonchev–Trinajstić information content (AvgIpc) is 2.64. The highest BCUT2D eigenvalue weighted by molar-refractivity contribution is 7.98. The van der Waals surface area contributed by atoms with Crippen LogP contribution in [0.4, 0.5) is 0 Å². The molecule has 0 aliphatic carbocycles. The lowest BCUT2D eigenvalue weighted by molar-refractivity contribution is 0.0690. The Morgan fingerprint density at radius 2 is 2.05 bits per heavy atom. The maximum Gasteiger partial charge on any atom is 0.352 e. The van der Waals surface area contributed by atoms with E-state index in [0.717, 1.165) is 0 Å². The number of thioether (sulfide) groups is 1. The van der Waals surface area contributed by atoms with Gasteiger partial charge in [0, 0.05) is 23.1 Å². The second kappa shape index (κ2) is 6.64. The number of hydrogen-bond acceptors (Lipinski definition) is 4. The average molecular weight is 320 g/mol. The Kier molecular flexibility index (Phi) is 5.67. The molecule has 0 amide bonds. The monoisotopic (exact) mass is 320 g/mol. The Bertz CT molecular complexity index is 593. The van der Waals surface area contributed by atoms with Crippen LogP contribution in [0.25, 0.3) is 0 Å². The Labute approximate surface area is 123 Å². The SMILES string of the molecule is CCC(CSC)NS(=O)(=O)c1c(C)[nH]c(C(=O)O)c1C. The van der Waals surface area contributed by atoms with Crippen molar-refractivity contribution in [1.29, 1.82) is 0 Å². The molecule has 8 heteroatoms. The van der Waals surface area contributed by atoms with Crippen molar-refractivity contribution in [2.45, 2.75) is 38.1 Å². The predicted molar refractivity (Wildman–Crippen MR) is 80.0 cm³/mol. The highest BCUT2D eigenvalue weighted by atomic mass is 32.2. The molecule has 20 heavy (non-hydrogen) atoms. The van der Waals surface area contributed by atoms with E-state index in [9.17, 15) is 13.2 Å². The smallest absolute Gasteiger partial charge is 0.352 e. The minimum atomic E-state index is -3.73. The quantitative estimate of drug-likeness (QED) is 0.711. The molecule has 114 valence electrons. The Hall–Kier alpha value is -0.990. The number of aryl methyl sites for hydroxylation is 1. The van der Waals surface area contributed by atoms with Gasteiger partial charge in [0.1, 0.15) is 10.6 Å². The fraction of sp³-hybridized carbons (Fsp3) is 0.583. The second-order valence-electron chi connectivity index (χ2n) is 4.57. The number of aromatic carboxylic acids is 1. The highest BCUT2D eigenvalue weighted by Gasteiger charge is 2.27. The zero-order valence-corrected chi connectivity index (χ0v) is 13.6. The van der Waals surface area contributed by atoms with Gasteiger partial charge in [-0.15, -0.1) is 0 Å². The number of H-pyrrole nitrogens is 1. The molecule has 6 nitrogen and oxygen atoms in total. The van der Waals surface area contributed by atoms with Gasteiger partial charge in [0.15, 0.2) is 0 Å². The van der Waals surface area contributed by atoms with Crippen molar-refractivity contribution in [3.63, 3.8) is 0 Å². The molecule has 3 N–H and O–H groups in total. The molecule has 1 aromatic rings. The summed E-state index contributed by atoms with van der Waals surface area (Å²) in [4.78, 5) is 13.7. The summed E-state index contributed by atoms with van der Waals surface area (Å²) in [5.41, 5.74) is 0.494. The molecule has 0 aliphatic rings.